The Hall–Kier alpha value is -0.920. The van der Waals surface area contributed by atoms with Gasteiger partial charge in [-0.25, -0.2) is 0 Å². The first-order chi connectivity index (χ1) is 5.16. The molecule has 0 heterocycles. The second-order valence-electron chi connectivity index (χ2n) is 2.54. The van der Waals surface area contributed by atoms with Crippen molar-refractivity contribution in [2.45, 2.75) is 33.1 Å². The Morgan fingerprint density at radius 2 is 2.00 bits per heavy atom. The Morgan fingerprint density at radius 3 is 2.45 bits per heavy atom. The van der Waals surface area contributed by atoms with Crippen LogP contribution in [0.15, 0.2) is 12.2 Å². The molecule has 0 spiro atoms. The average molecular weight is 154 g/mol. The van der Waals surface area contributed by atoms with Crippen molar-refractivity contribution >= 4 is 11.6 Å². The zero-order chi connectivity index (χ0) is 8.69. The van der Waals surface area contributed by atoms with Crippen LogP contribution in [0.1, 0.15) is 33.1 Å². The largest absolute Gasteiger partial charge is 0.300 e. The van der Waals surface area contributed by atoms with E-state index in [1.807, 2.05) is 13.0 Å². The summed E-state index contributed by atoms with van der Waals surface area (Å²) in [5, 5.41) is 0. The summed E-state index contributed by atoms with van der Waals surface area (Å²) in [4.78, 5) is 21.3. The third kappa shape index (κ3) is 6.97. The predicted octanol–water partition coefficient (Wildman–Crippen LogP) is 1.89. The number of hydrogen-bond acceptors (Lipinski definition) is 2. The van der Waals surface area contributed by atoms with Crippen molar-refractivity contribution < 1.29 is 9.59 Å². The number of allylic oxidation sites excluding steroid dienone is 2. The summed E-state index contributed by atoms with van der Waals surface area (Å²) in [7, 11) is 0. The highest BCUT2D eigenvalue weighted by Gasteiger charge is 1.98. The molecular weight excluding hydrogens is 140 g/mol. The minimum atomic E-state index is -0.0917. The number of carbonyl (C=O) groups is 2. The van der Waals surface area contributed by atoms with Crippen molar-refractivity contribution in [2.24, 2.45) is 0 Å². The molecule has 62 valence electrons. The van der Waals surface area contributed by atoms with E-state index in [0.29, 0.717) is 0 Å². The van der Waals surface area contributed by atoms with E-state index in [2.05, 4.69) is 0 Å². The molecule has 0 atom stereocenters. The first kappa shape index (κ1) is 10.1. The Morgan fingerprint density at radius 1 is 1.36 bits per heavy atom. The molecule has 0 saturated carbocycles. The molecule has 11 heavy (non-hydrogen) atoms. The van der Waals surface area contributed by atoms with Crippen LogP contribution in [0, 0.1) is 0 Å². The van der Waals surface area contributed by atoms with Crippen molar-refractivity contribution in [3.63, 3.8) is 0 Å². The number of rotatable bonds is 5. The van der Waals surface area contributed by atoms with Crippen LogP contribution in [0.2, 0.25) is 0 Å². The topological polar surface area (TPSA) is 34.1 Å². The number of hydrogen-bond donors (Lipinski definition) is 0. The van der Waals surface area contributed by atoms with Crippen LogP contribution in [0.3, 0.4) is 0 Å². The fourth-order valence-corrected chi connectivity index (χ4v) is 0.686. The molecule has 0 aromatic carbocycles. The number of Topliss-reactive ketones (excluding diaryl/α,β-unsaturated/α-hetero) is 1. The third-order valence-electron chi connectivity index (χ3n) is 1.18. The van der Waals surface area contributed by atoms with Gasteiger partial charge < -0.3 is 0 Å². The highest BCUT2D eigenvalue weighted by Crippen LogP contribution is 1.92. The first-order valence-corrected chi connectivity index (χ1v) is 3.85. The van der Waals surface area contributed by atoms with Gasteiger partial charge in [0, 0.05) is 0 Å². The molecule has 0 saturated heterocycles. The van der Waals surface area contributed by atoms with Gasteiger partial charge in [-0.3, -0.25) is 9.59 Å². The second kappa shape index (κ2) is 5.83. The monoisotopic (exact) mass is 154 g/mol. The van der Waals surface area contributed by atoms with Gasteiger partial charge in [0.2, 0.25) is 0 Å². The standard InChI is InChI=1S/C9H14O2/c1-3-4-5-6-9(11)7-8(2)10/h5-6H,3-4,7H2,1-2H3/b6-5+. The van der Waals surface area contributed by atoms with Crippen molar-refractivity contribution in [3.05, 3.63) is 12.2 Å². The highest BCUT2D eigenvalue weighted by atomic mass is 16.1. The van der Waals surface area contributed by atoms with Crippen LogP contribution in [0.25, 0.3) is 0 Å². The Kier molecular flexibility index (Phi) is 5.35. The van der Waals surface area contributed by atoms with Crippen LogP contribution >= 0.6 is 0 Å². The van der Waals surface area contributed by atoms with E-state index in [1.165, 1.54) is 13.0 Å². The molecule has 0 aromatic heterocycles. The molecule has 0 unspecified atom stereocenters. The lowest BCUT2D eigenvalue weighted by atomic mass is 10.2. The molecule has 0 amide bonds. The molecule has 0 N–H and O–H groups in total. The van der Waals surface area contributed by atoms with E-state index in [9.17, 15) is 9.59 Å². The van der Waals surface area contributed by atoms with E-state index in [1.54, 1.807) is 0 Å². The summed E-state index contributed by atoms with van der Waals surface area (Å²) in [6.07, 6.45) is 5.28. The quantitative estimate of drug-likeness (QED) is 0.447. The van der Waals surface area contributed by atoms with Crippen molar-refractivity contribution in [1.82, 2.24) is 0 Å². The fourth-order valence-electron chi connectivity index (χ4n) is 0.686. The maximum absolute atomic E-state index is 10.8. The van der Waals surface area contributed by atoms with Crippen molar-refractivity contribution in [2.75, 3.05) is 0 Å². The zero-order valence-corrected chi connectivity index (χ0v) is 7.09. The smallest absolute Gasteiger partial charge is 0.162 e. The highest BCUT2D eigenvalue weighted by molar-refractivity contribution is 6.03. The molecule has 0 rings (SSSR count). The van der Waals surface area contributed by atoms with E-state index < -0.39 is 0 Å². The van der Waals surface area contributed by atoms with Crippen LogP contribution in [-0.4, -0.2) is 11.6 Å². The summed E-state index contributed by atoms with van der Waals surface area (Å²) in [5.41, 5.74) is 0. The minimum Gasteiger partial charge on any atom is -0.300 e. The zero-order valence-electron chi connectivity index (χ0n) is 7.09. The van der Waals surface area contributed by atoms with Crippen molar-refractivity contribution in [1.29, 1.82) is 0 Å². The lowest BCUT2D eigenvalue weighted by Crippen LogP contribution is -1.99. The molecular formula is C9H14O2. The molecule has 2 nitrogen and oxygen atoms in total. The minimum absolute atomic E-state index is 0.0419. The molecule has 0 fully saturated rings. The van der Waals surface area contributed by atoms with E-state index >= 15 is 0 Å². The normalized spacial score (nSPS) is 10.4. The Bertz CT molecular complexity index is 168. The second-order valence-corrected chi connectivity index (χ2v) is 2.54. The van der Waals surface area contributed by atoms with Gasteiger partial charge in [-0.1, -0.05) is 19.4 Å². The Balaban J connectivity index is 3.60. The van der Waals surface area contributed by atoms with E-state index in [4.69, 9.17) is 0 Å². The summed E-state index contributed by atoms with van der Waals surface area (Å²) < 4.78 is 0. The van der Waals surface area contributed by atoms with Gasteiger partial charge >= 0.3 is 0 Å². The summed E-state index contributed by atoms with van der Waals surface area (Å²) in [6, 6.07) is 0. The van der Waals surface area contributed by atoms with Crippen LogP contribution in [0.4, 0.5) is 0 Å². The molecule has 0 radical (unpaired) electrons. The van der Waals surface area contributed by atoms with Gasteiger partial charge in [-0.15, -0.1) is 0 Å². The predicted molar refractivity (Wildman–Crippen MR) is 44.4 cm³/mol. The number of carbonyl (C=O) groups excluding carboxylic acids is 2. The van der Waals surface area contributed by atoms with E-state index in [-0.39, 0.29) is 18.0 Å². The lowest BCUT2D eigenvalue weighted by Gasteiger charge is -1.87. The van der Waals surface area contributed by atoms with Crippen LogP contribution < -0.4 is 0 Å². The Labute approximate surface area is 67.3 Å². The molecule has 0 aromatic rings. The lowest BCUT2D eigenvalue weighted by molar-refractivity contribution is -0.123. The molecule has 2 heteroatoms. The van der Waals surface area contributed by atoms with Gasteiger partial charge in [-0.2, -0.15) is 0 Å². The number of unbranched alkanes of at least 4 members (excludes halogenated alkanes) is 1. The van der Waals surface area contributed by atoms with Crippen LogP contribution in [0.5, 0.6) is 0 Å². The number of ketones is 2. The molecule has 0 aliphatic rings. The molecule has 0 aliphatic carbocycles. The molecule has 0 bridgehead atoms. The SMILES string of the molecule is CCC/C=C/C(=O)CC(C)=O. The summed E-state index contributed by atoms with van der Waals surface area (Å²) >= 11 is 0. The first-order valence-electron chi connectivity index (χ1n) is 3.85. The van der Waals surface area contributed by atoms with Crippen LogP contribution in [-0.2, 0) is 9.59 Å². The van der Waals surface area contributed by atoms with Gasteiger partial charge in [-0.05, 0) is 19.4 Å². The fraction of sp³-hybridized carbons (Fsp3) is 0.556. The third-order valence-corrected chi connectivity index (χ3v) is 1.18. The van der Waals surface area contributed by atoms with E-state index in [0.717, 1.165) is 12.8 Å². The summed E-state index contributed by atoms with van der Waals surface area (Å²) in [5.74, 6) is -0.165. The van der Waals surface area contributed by atoms with Gasteiger partial charge in [0.25, 0.3) is 0 Å². The average Bonchev–Trinajstić information content (AvgIpc) is 1.86. The van der Waals surface area contributed by atoms with Gasteiger partial charge in [0.1, 0.15) is 5.78 Å². The van der Waals surface area contributed by atoms with Gasteiger partial charge in [0.15, 0.2) is 5.78 Å². The van der Waals surface area contributed by atoms with Crippen molar-refractivity contribution in [3.8, 4) is 0 Å². The maximum Gasteiger partial charge on any atom is 0.162 e. The molecule has 0 aliphatic heterocycles. The van der Waals surface area contributed by atoms with Gasteiger partial charge in [0.05, 0.1) is 6.42 Å². The maximum atomic E-state index is 10.8. The summed E-state index contributed by atoms with van der Waals surface area (Å²) in [6.45, 7) is 3.46.